The minimum atomic E-state index is -1.45. The SMILES string of the molecule is O=C1CSC(=NN=Cc2c(F)cc(Cl)c(F)c2F)N1. The summed E-state index contributed by atoms with van der Waals surface area (Å²) in [5.41, 5.74) is -0.694. The predicted octanol–water partition coefficient (Wildman–Crippen LogP) is 2.31. The van der Waals surface area contributed by atoms with Gasteiger partial charge in [0.05, 0.1) is 22.6 Å². The van der Waals surface area contributed by atoms with Gasteiger partial charge in [0.15, 0.2) is 16.8 Å². The van der Waals surface area contributed by atoms with Crippen LogP contribution in [0.3, 0.4) is 0 Å². The molecule has 0 atom stereocenters. The molecule has 100 valence electrons. The molecule has 9 heteroatoms. The van der Waals surface area contributed by atoms with Crippen LogP contribution in [0.2, 0.25) is 5.02 Å². The van der Waals surface area contributed by atoms with Crippen molar-refractivity contribution in [2.45, 2.75) is 0 Å². The number of halogens is 4. The fourth-order valence-electron chi connectivity index (χ4n) is 1.22. The molecule has 0 saturated carbocycles. The Balaban J connectivity index is 2.24. The number of thioether (sulfide) groups is 1. The molecular formula is C10H5ClF3N3OS. The Morgan fingerprint density at radius 1 is 1.37 bits per heavy atom. The third-order valence-electron chi connectivity index (χ3n) is 2.07. The van der Waals surface area contributed by atoms with Gasteiger partial charge in [0, 0.05) is 0 Å². The standard InChI is InChI=1S/C10H5ClF3N3OS/c11-5-1-6(12)4(8(13)9(5)14)2-15-17-10-16-7(18)3-19-10/h1-2H,3H2,(H,16,17,18). The number of rotatable bonds is 2. The summed E-state index contributed by atoms with van der Waals surface area (Å²) in [5, 5.41) is 8.84. The zero-order chi connectivity index (χ0) is 14.0. The van der Waals surface area contributed by atoms with Gasteiger partial charge in [-0.25, -0.2) is 13.2 Å². The molecule has 1 fully saturated rings. The number of amidine groups is 1. The maximum atomic E-state index is 13.4. The lowest BCUT2D eigenvalue weighted by atomic mass is 10.2. The summed E-state index contributed by atoms with van der Waals surface area (Å²) >= 11 is 6.36. The van der Waals surface area contributed by atoms with E-state index in [9.17, 15) is 18.0 Å². The number of hydrogen-bond acceptors (Lipinski definition) is 4. The van der Waals surface area contributed by atoms with Gasteiger partial charge in [-0.1, -0.05) is 23.4 Å². The number of carbonyl (C=O) groups excluding carboxylic acids is 1. The van der Waals surface area contributed by atoms with Crippen molar-refractivity contribution in [2.24, 2.45) is 10.2 Å². The van der Waals surface area contributed by atoms with E-state index in [0.717, 1.165) is 11.8 Å². The van der Waals surface area contributed by atoms with Crippen LogP contribution >= 0.6 is 23.4 Å². The molecule has 0 aromatic heterocycles. The molecule has 19 heavy (non-hydrogen) atoms. The van der Waals surface area contributed by atoms with E-state index in [1.54, 1.807) is 0 Å². The van der Waals surface area contributed by atoms with Crippen LogP contribution in [0.1, 0.15) is 5.56 Å². The molecule has 0 spiro atoms. The molecule has 1 aliphatic rings. The summed E-state index contributed by atoms with van der Waals surface area (Å²) in [7, 11) is 0. The van der Waals surface area contributed by atoms with Crippen molar-refractivity contribution < 1.29 is 18.0 Å². The van der Waals surface area contributed by atoms with Gasteiger partial charge in [0.2, 0.25) is 5.91 Å². The minimum Gasteiger partial charge on any atom is -0.303 e. The van der Waals surface area contributed by atoms with Gasteiger partial charge in [0.1, 0.15) is 5.82 Å². The summed E-state index contributed by atoms with van der Waals surface area (Å²) < 4.78 is 39.8. The molecule has 1 saturated heterocycles. The van der Waals surface area contributed by atoms with Crippen LogP contribution in [0.25, 0.3) is 0 Å². The first-order valence-electron chi connectivity index (χ1n) is 4.85. The lowest BCUT2D eigenvalue weighted by Crippen LogP contribution is -2.19. The second kappa shape index (κ2) is 5.62. The van der Waals surface area contributed by atoms with Gasteiger partial charge in [-0.3, -0.25) is 4.79 Å². The van der Waals surface area contributed by atoms with Crippen molar-refractivity contribution in [1.82, 2.24) is 5.32 Å². The molecule has 4 nitrogen and oxygen atoms in total. The second-order valence-corrected chi connectivity index (χ2v) is 4.74. The maximum Gasteiger partial charge on any atom is 0.236 e. The van der Waals surface area contributed by atoms with Gasteiger partial charge in [-0.05, 0) is 6.07 Å². The van der Waals surface area contributed by atoms with Gasteiger partial charge in [-0.15, -0.1) is 5.10 Å². The maximum absolute atomic E-state index is 13.4. The normalized spacial score (nSPS) is 17.5. The molecule has 1 aliphatic heterocycles. The summed E-state index contributed by atoms with van der Waals surface area (Å²) in [6.45, 7) is 0. The molecular weight excluding hydrogens is 303 g/mol. The van der Waals surface area contributed by atoms with Crippen LogP contribution in [-0.2, 0) is 4.79 Å². The Morgan fingerprint density at radius 2 is 2.11 bits per heavy atom. The van der Waals surface area contributed by atoms with E-state index in [-0.39, 0.29) is 16.8 Å². The zero-order valence-electron chi connectivity index (χ0n) is 9.08. The zero-order valence-corrected chi connectivity index (χ0v) is 10.7. The van der Waals surface area contributed by atoms with Crippen molar-refractivity contribution in [3.63, 3.8) is 0 Å². The monoisotopic (exact) mass is 307 g/mol. The van der Waals surface area contributed by atoms with E-state index in [1.165, 1.54) is 0 Å². The Bertz CT molecular complexity index is 606. The average molecular weight is 308 g/mol. The number of nitrogens with one attached hydrogen (secondary N) is 1. The van der Waals surface area contributed by atoms with Crippen molar-refractivity contribution in [1.29, 1.82) is 0 Å². The van der Waals surface area contributed by atoms with E-state index < -0.39 is 28.0 Å². The van der Waals surface area contributed by atoms with Crippen molar-refractivity contribution in [2.75, 3.05) is 5.75 Å². The fourth-order valence-corrected chi connectivity index (χ4v) is 2.03. The highest BCUT2D eigenvalue weighted by Crippen LogP contribution is 2.22. The third-order valence-corrected chi connectivity index (χ3v) is 3.21. The van der Waals surface area contributed by atoms with E-state index in [2.05, 4.69) is 15.5 Å². The number of benzene rings is 1. The third kappa shape index (κ3) is 3.07. The van der Waals surface area contributed by atoms with Gasteiger partial charge in [0.25, 0.3) is 0 Å². The van der Waals surface area contributed by atoms with Gasteiger partial charge in [-0.2, -0.15) is 5.10 Å². The highest BCUT2D eigenvalue weighted by molar-refractivity contribution is 8.15. The number of carbonyl (C=O) groups is 1. The second-order valence-electron chi connectivity index (χ2n) is 3.37. The highest BCUT2D eigenvalue weighted by atomic mass is 35.5. The Morgan fingerprint density at radius 3 is 2.74 bits per heavy atom. The molecule has 0 radical (unpaired) electrons. The smallest absolute Gasteiger partial charge is 0.236 e. The molecule has 0 unspecified atom stereocenters. The van der Waals surface area contributed by atoms with Crippen LogP contribution in [0.5, 0.6) is 0 Å². The van der Waals surface area contributed by atoms with E-state index in [0.29, 0.717) is 12.3 Å². The Kier molecular flexibility index (Phi) is 4.11. The lowest BCUT2D eigenvalue weighted by Gasteiger charge is -2.01. The number of amides is 1. The van der Waals surface area contributed by atoms with Crippen LogP contribution in [0, 0.1) is 17.5 Å². The summed E-state index contributed by atoms with van der Waals surface area (Å²) in [6, 6.07) is 0.639. The van der Waals surface area contributed by atoms with Crippen LogP contribution < -0.4 is 5.32 Å². The van der Waals surface area contributed by atoms with E-state index in [1.807, 2.05) is 0 Å². The van der Waals surface area contributed by atoms with E-state index >= 15 is 0 Å². The Labute approximate surface area is 114 Å². The quantitative estimate of drug-likeness (QED) is 0.394. The summed E-state index contributed by atoms with van der Waals surface area (Å²) in [5.74, 6) is -3.91. The molecule has 2 rings (SSSR count). The van der Waals surface area contributed by atoms with Crippen molar-refractivity contribution in [3.05, 3.63) is 34.1 Å². The largest absolute Gasteiger partial charge is 0.303 e. The first-order valence-corrected chi connectivity index (χ1v) is 6.22. The highest BCUT2D eigenvalue weighted by Gasteiger charge is 2.17. The van der Waals surface area contributed by atoms with Gasteiger partial charge < -0.3 is 5.32 Å². The average Bonchev–Trinajstić information content (AvgIpc) is 2.77. The molecule has 1 N–H and O–H groups in total. The fraction of sp³-hybridized carbons (Fsp3) is 0.100. The lowest BCUT2D eigenvalue weighted by molar-refractivity contribution is -0.116. The van der Waals surface area contributed by atoms with Crippen LogP contribution in [0.15, 0.2) is 16.3 Å². The first-order chi connectivity index (χ1) is 8.99. The molecule has 1 amide bonds. The molecule has 1 aromatic carbocycles. The molecule has 1 aromatic rings. The minimum absolute atomic E-state index is 0.201. The van der Waals surface area contributed by atoms with Crippen LogP contribution in [-0.4, -0.2) is 23.0 Å². The number of hydrogen-bond donors (Lipinski definition) is 1. The summed E-state index contributed by atoms with van der Waals surface area (Å²) in [4.78, 5) is 10.8. The first kappa shape index (κ1) is 13.9. The molecule has 0 bridgehead atoms. The molecule has 0 aliphatic carbocycles. The number of nitrogens with zero attached hydrogens (tertiary/aromatic N) is 2. The van der Waals surface area contributed by atoms with Crippen molar-refractivity contribution >= 4 is 40.7 Å². The summed E-state index contributed by atoms with van der Waals surface area (Å²) in [6.07, 6.45) is 0.710. The van der Waals surface area contributed by atoms with E-state index in [4.69, 9.17) is 11.6 Å². The predicted molar refractivity (Wildman–Crippen MR) is 67.0 cm³/mol. The van der Waals surface area contributed by atoms with Crippen LogP contribution in [0.4, 0.5) is 13.2 Å². The van der Waals surface area contributed by atoms with Gasteiger partial charge >= 0.3 is 0 Å². The van der Waals surface area contributed by atoms with Crippen molar-refractivity contribution in [3.8, 4) is 0 Å². The topological polar surface area (TPSA) is 53.8 Å². The molecule has 1 heterocycles. The Hall–Kier alpha value is -1.54.